The molecule has 1 saturated heterocycles. The molecule has 1 aliphatic heterocycles. The molecule has 0 aromatic carbocycles. The van der Waals surface area contributed by atoms with Crippen LogP contribution >= 0.6 is 33.3 Å². The average molecular weight is 243 g/mol. The fraction of sp³-hybridized carbons (Fsp3) is 1.00. The number of hydrogen-bond acceptors (Lipinski definition) is 3. The summed E-state index contributed by atoms with van der Waals surface area (Å²) in [5.41, 5.74) is 0.333. The normalized spacial score (nSPS) is 24.7. The van der Waals surface area contributed by atoms with E-state index in [2.05, 4.69) is 49.0 Å². The van der Waals surface area contributed by atoms with Crippen molar-refractivity contribution >= 4 is 33.3 Å². The summed E-state index contributed by atoms with van der Waals surface area (Å²) in [6, 6.07) is 0. The number of rotatable bonds is 0. The third-order valence-electron chi connectivity index (χ3n) is 1.60. The molecule has 0 N–H and O–H groups in total. The second-order valence-corrected chi connectivity index (χ2v) is 8.83. The van der Waals surface area contributed by atoms with Crippen molar-refractivity contribution in [1.82, 2.24) is 7.42 Å². The Labute approximate surface area is 93.4 Å². The van der Waals surface area contributed by atoms with Gasteiger partial charge in [-0.2, -0.15) is 7.42 Å². The monoisotopic (exact) mass is 242 g/mol. The number of thiol groups is 1. The van der Waals surface area contributed by atoms with Gasteiger partial charge in [0.15, 0.2) is 0 Å². The van der Waals surface area contributed by atoms with Crippen molar-refractivity contribution in [2.24, 2.45) is 0 Å². The molecule has 13 heavy (non-hydrogen) atoms. The molecule has 0 aliphatic carbocycles. The van der Waals surface area contributed by atoms with E-state index in [9.17, 15) is 0 Å². The highest BCUT2D eigenvalue weighted by atomic mass is 35.7. The van der Waals surface area contributed by atoms with E-state index in [1.54, 1.807) is 12.1 Å². The van der Waals surface area contributed by atoms with E-state index >= 15 is 0 Å². The third kappa shape index (κ3) is 2.48. The van der Waals surface area contributed by atoms with Gasteiger partial charge in [-0.15, -0.1) is 0 Å². The highest BCUT2D eigenvalue weighted by Crippen LogP contribution is 2.65. The van der Waals surface area contributed by atoms with E-state index in [0.717, 1.165) is 0 Å². The van der Waals surface area contributed by atoms with E-state index in [1.165, 1.54) is 0 Å². The second-order valence-electron chi connectivity index (χ2n) is 5.21. The highest BCUT2D eigenvalue weighted by molar-refractivity contribution is 8.46. The zero-order valence-corrected chi connectivity index (χ0v) is 11.6. The van der Waals surface area contributed by atoms with Crippen LogP contribution in [-0.2, 0) is 0 Å². The molecule has 1 heterocycles. The van der Waals surface area contributed by atoms with Crippen LogP contribution in [0.5, 0.6) is 0 Å². The molecule has 1 rings (SSSR count). The maximum absolute atomic E-state index is 6.35. The molecule has 0 atom stereocenters. The van der Waals surface area contributed by atoms with Gasteiger partial charge in [-0.3, -0.25) is 0 Å². The predicted octanol–water partition coefficient (Wildman–Crippen LogP) is 3.75. The summed E-state index contributed by atoms with van der Waals surface area (Å²) in [4.78, 5) is 0. The molecule has 80 valence electrons. The second kappa shape index (κ2) is 3.49. The molecule has 0 unspecified atom stereocenters. The zero-order valence-electron chi connectivity index (χ0n) is 9.13. The molecule has 0 radical (unpaired) electrons. The van der Waals surface area contributed by atoms with E-state index in [4.69, 9.17) is 10.7 Å². The van der Waals surface area contributed by atoms with E-state index in [1.807, 2.05) is 0 Å². The van der Waals surface area contributed by atoms with Gasteiger partial charge in [-0.25, -0.2) is 0 Å². The van der Waals surface area contributed by atoms with Crippen LogP contribution < -0.4 is 0 Å². The Hall–Kier alpha value is 0.910. The molecule has 0 aromatic rings. The van der Waals surface area contributed by atoms with Gasteiger partial charge in [0, 0.05) is 23.2 Å². The molecule has 0 aromatic heterocycles. The van der Waals surface area contributed by atoms with Crippen LogP contribution in [0.15, 0.2) is 0 Å². The first-order valence-corrected chi connectivity index (χ1v) is 7.26. The molecule has 0 amide bonds. The van der Waals surface area contributed by atoms with Crippen LogP contribution in [-0.4, -0.2) is 18.5 Å². The third-order valence-corrected chi connectivity index (χ3v) is 7.62. The van der Waals surface area contributed by atoms with Crippen molar-refractivity contribution < 1.29 is 0 Å². The molecule has 0 bridgehead atoms. The van der Waals surface area contributed by atoms with Crippen LogP contribution in [0, 0.1) is 0 Å². The van der Waals surface area contributed by atoms with Crippen LogP contribution in [0.3, 0.4) is 0 Å². The Bertz CT molecular complexity index is 177. The Kier molecular flexibility index (Phi) is 3.22. The van der Waals surface area contributed by atoms with Gasteiger partial charge in [0.25, 0.3) is 0 Å². The summed E-state index contributed by atoms with van der Waals surface area (Å²) in [7, 11) is 5.73. The minimum Gasteiger partial charge on any atom is -0.170 e. The first-order chi connectivity index (χ1) is 5.64. The van der Waals surface area contributed by atoms with E-state index in [-0.39, 0.29) is 11.1 Å². The Morgan fingerprint density at radius 3 is 1.38 bits per heavy atom. The number of hydrogen-bond donors (Lipinski definition) is 1. The maximum atomic E-state index is 6.35. The van der Waals surface area contributed by atoms with Crippen molar-refractivity contribution in [1.29, 1.82) is 0 Å². The minimum absolute atomic E-state index is 0.167. The molecular formula is C8H19ClN2S2. The van der Waals surface area contributed by atoms with Crippen LogP contribution in [0.4, 0.5) is 0 Å². The molecule has 2 nitrogen and oxygen atoms in total. The average Bonchev–Trinajstić information content (AvgIpc) is 1.77. The first-order valence-electron chi connectivity index (χ1n) is 4.38. The SMILES string of the molecule is CC(C)(C)N1SN(C(C)(C)C)[SH]1Cl. The lowest BCUT2D eigenvalue weighted by atomic mass is 10.1. The van der Waals surface area contributed by atoms with Crippen molar-refractivity contribution in [3.05, 3.63) is 0 Å². The number of nitrogens with zero attached hydrogens (tertiary/aromatic N) is 2. The van der Waals surface area contributed by atoms with Gasteiger partial charge in [0.2, 0.25) is 0 Å². The van der Waals surface area contributed by atoms with Gasteiger partial charge in [0.1, 0.15) is 0 Å². The Morgan fingerprint density at radius 1 is 0.923 bits per heavy atom. The standard InChI is InChI=1S/C8H19ClN2S2/c1-7(2,3)10-12-11(13(10)9)8(4,5)6/h13H,1-6H3. The molecule has 5 heteroatoms. The van der Waals surface area contributed by atoms with Gasteiger partial charge in [0.05, 0.1) is 0 Å². The number of halogens is 1. The lowest BCUT2D eigenvalue weighted by Gasteiger charge is -2.57. The zero-order chi connectivity index (χ0) is 10.4. The summed E-state index contributed by atoms with van der Waals surface area (Å²) in [6.45, 7) is 13.2. The summed E-state index contributed by atoms with van der Waals surface area (Å²) >= 11 is 1.76. The van der Waals surface area contributed by atoms with Gasteiger partial charge in [-0.1, -0.05) is 0 Å². The predicted molar refractivity (Wildman–Crippen MR) is 65.6 cm³/mol. The lowest BCUT2D eigenvalue weighted by molar-refractivity contribution is 0.321. The fourth-order valence-corrected chi connectivity index (χ4v) is 5.44. The van der Waals surface area contributed by atoms with Crippen molar-refractivity contribution in [3.8, 4) is 0 Å². The summed E-state index contributed by atoms with van der Waals surface area (Å²) in [6.07, 6.45) is 0. The maximum Gasteiger partial charge on any atom is 0.0358 e. The summed E-state index contributed by atoms with van der Waals surface area (Å²) < 4.78 is 4.55. The summed E-state index contributed by atoms with van der Waals surface area (Å²) in [5.74, 6) is 0. The molecule has 1 fully saturated rings. The molecule has 0 saturated carbocycles. The van der Waals surface area contributed by atoms with Crippen molar-refractivity contribution in [2.75, 3.05) is 0 Å². The lowest BCUT2D eigenvalue weighted by Crippen LogP contribution is -2.51. The first kappa shape index (κ1) is 12.0. The van der Waals surface area contributed by atoms with Crippen LogP contribution in [0.25, 0.3) is 0 Å². The van der Waals surface area contributed by atoms with Gasteiger partial charge >= 0.3 is 0 Å². The van der Waals surface area contributed by atoms with Crippen molar-refractivity contribution in [2.45, 2.75) is 52.6 Å². The van der Waals surface area contributed by atoms with Crippen LogP contribution in [0.1, 0.15) is 41.5 Å². The van der Waals surface area contributed by atoms with Gasteiger partial charge in [-0.05, 0) is 62.7 Å². The summed E-state index contributed by atoms with van der Waals surface area (Å²) in [5, 5.41) is 0. The molecule has 1 aliphatic rings. The Balaban J connectivity index is 2.58. The largest absolute Gasteiger partial charge is 0.170 e. The highest BCUT2D eigenvalue weighted by Gasteiger charge is 2.45. The molecular weight excluding hydrogens is 224 g/mol. The van der Waals surface area contributed by atoms with Crippen molar-refractivity contribution in [3.63, 3.8) is 0 Å². The van der Waals surface area contributed by atoms with E-state index in [0.29, 0.717) is 0 Å². The quantitative estimate of drug-likeness (QED) is 0.511. The van der Waals surface area contributed by atoms with Crippen LogP contribution in [0.2, 0.25) is 0 Å². The fourth-order valence-electron chi connectivity index (χ4n) is 0.920. The topological polar surface area (TPSA) is 6.48 Å². The van der Waals surface area contributed by atoms with E-state index < -0.39 is 10.5 Å². The Morgan fingerprint density at radius 2 is 1.23 bits per heavy atom. The minimum atomic E-state index is -0.619. The van der Waals surface area contributed by atoms with Gasteiger partial charge < -0.3 is 0 Å². The smallest absolute Gasteiger partial charge is 0.0358 e. The molecule has 0 spiro atoms.